The summed E-state index contributed by atoms with van der Waals surface area (Å²) in [6, 6.07) is 14.6. The van der Waals surface area contributed by atoms with Crippen molar-refractivity contribution in [2.45, 2.75) is 6.18 Å². The molecule has 0 fully saturated rings. The van der Waals surface area contributed by atoms with Gasteiger partial charge < -0.3 is 15.2 Å². The molecule has 3 aromatic rings. The lowest BCUT2D eigenvalue weighted by atomic mass is 10.1. The van der Waals surface area contributed by atoms with E-state index in [0.717, 1.165) is 6.07 Å². The Kier molecular flexibility index (Phi) is 7.34. The Labute approximate surface area is 200 Å². The van der Waals surface area contributed by atoms with E-state index >= 15 is 0 Å². The van der Waals surface area contributed by atoms with E-state index < -0.39 is 40.0 Å². The number of ether oxygens (including phenoxy) is 1. The number of nitrogens with one attached hydrogen (secondary N) is 1. The molecule has 0 unspecified atom stereocenters. The Hall–Kier alpha value is -5.18. The Morgan fingerprint density at radius 3 is 2.36 bits per heavy atom. The quantitative estimate of drug-likeness (QED) is 0.186. The number of halogens is 3. The fraction of sp³-hybridized carbons (Fsp3) is 0.0417. The van der Waals surface area contributed by atoms with Crippen molar-refractivity contribution >= 4 is 29.3 Å². The Morgan fingerprint density at radius 1 is 1.08 bits per heavy atom. The first-order chi connectivity index (χ1) is 17.0. The second-order valence-corrected chi connectivity index (χ2v) is 7.12. The van der Waals surface area contributed by atoms with Crippen molar-refractivity contribution in [1.29, 1.82) is 5.26 Å². The fourth-order valence-electron chi connectivity index (χ4n) is 2.93. The van der Waals surface area contributed by atoms with Crippen LogP contribution in [0, 0.1) is 21.4 Å². The van der Waals surface area contributed by atoms with Crippen molar-refractivity contribution < 1.29 is 37.5 Å². The van der Waals surface area contributed by atoms with E-state index in [1.165, 1.54) is 54.6 Å². The minimum absolute atomic E-state index is 0.0563. The predicted octanol–water partition coefficient (Wildman–Crippen LogP) is 5.65. The van der Waals surface area contributed by atoms with Crippen LogP contribution in [0.4, 0.5) is 24.5 Å². The molecule has 1 amide bonds. The molecule has 36 heavy (non-hydrogen) atoms. The molecule has 0 aliphatic rings. The topological polar surface area (TPSA) is 143 Å². The lowest BCUT2D eigenvalue weighted by molar-refractivity contribution is -0.385. The Balaban J connectivity index is 1.78. The van der Waals surface area contributed by atoms with Crippen molar-refractivity contribution in [3.63, 3.8) is 0 Å². The molecular formula is C24H14F3N3O6. The van der Waals surface area contributed by atoms with Gasteiger partial charge in [-0.05, 0) is 54.1 Å². The third-order valence-electron chi connectivity index (χ3n) is 4.63. The minimum atomic E-state index is -4.76. The maximum atomic E-state index is 12.9. The first-order valence-corrected chi connectivity index (χ1v) is 9.88. The summed E-state index contributed by atoms with van der Waals surface area (Å²) in [5.41, 5.74) is -1.89. The van der Waals surface area contributed by atoms with Crippen molar-refractivity contribution in [3.05, 3.63) is 99.1 Å². The summed E-state index contributed by atoms with van der Waals surface area (Å²) in [7, 11) is 0. The number of alkyl halides is 3. The number of carboxylic acid groups (broad SMARTS) is 1. The first kappa shape index (κ1) is 25.4. The van der Waals surface area contributed by atoms with Gasteiger partial charge in [-0.1, -0.05) is 18.2 Å². The highest BCUT2D eigenvalue weighted by Gasteiger charge is 2.33. The van der Waals surface area contributed by atoms with Crippen molar-refractivity contribution in [2.75, 3.05) is 5.32 Å². The van der Waals surface area contributed by atoms with E-state index in [9.17, 15) is 38.1 Å². The normalized spacial score (nSPS) is 11.3. The second kappa shape index (κ2) is 10.4. The summed E-state index contributed by atoms with van der Waals surface area (Å²) in [6.07, 6.45) is -3.53. The minimum Gasteiger partial charge on any atom is -0.478 e. The van der Waals surface area contributed by atoms with Crippen LogP contribution in [0.2, 0.25) is 0 Å². The van der Waals surface area contributed by atoms with Crippen LogP contribution in [0.3, 0.4) is 0 Å². The van der Waals surface area contributed by atoms with Gasteiger partial charge in [0, 0.05) is 11.8 Å². The number of benzene rings is 3. The monoisotopic (exact) mass is 497 g/mol. The van der Waals surface area contributed by atoms with Crippen LogP contribution in [0.15, 0.2) is 72.3 Å². The molecule has 0 saturated carbocycles. The van der Waals surface area contributed by atoms with Gasteiger partial charge in [-0.15, -0.1) is 0 Å². The van der Waals surface area contributed by atoms with Gasteiger partial charge in [-0.3, -0.25) is 14.9 Å². The van der Waals surface area contributed by atoms with E-state index in [4.69, 9.17) is 9.84 Å². The summed E-state index contributed by atoms with van der Waals surface area (Å²) in [4.78, 5) is 33.7. The number of rotatable bonds is 7. The van der Waals surface area contributed by atoms with Crippen molar-refractivity contribution in [2.24, 2.45) is 0 Å². The van der Waals surface area contributed by atoms with Crippen LogP contribution >= 0.6 is 0 Å². The third-order valence-corrected chi connectivity index (χ3v) is 4.63. The van der Waals surface area contributed by atoms with Gasteiger partial charge in [0.25, 0.3) is 5.91 Å². The molecule has 0 aliphatic heterocycles. The summed E-state index contributed by atoms with van der Waals surface area (Å²) in [5, 5.41) is 32.0. The smallest absolute Gasteiger partial charge is 0.416 e. The molecule has 0 bridgehead atoms. The molecule has 0 heterocycles. The van der Waals surface area contributed by atoms with Crippen molar-refractivity contribution in [1.82, 2.24) is 0 Å². The van der Waals surface area contributed by atoms with Gasteiger partial charge in [0.15, 0.2) is 0 Å². The van der Waals surface area contributed by atoms with Crippen LogP contribution in [-0.4, -0.2) is 21.9 Å². The average Bonchev–Trinajstić information content (AvgIpc) is 2.83. The lowest BCUT2D eigenvalue weighted by Crippen LogP contribution is -2.13. The number of carbonyl (C=O) groups is 2. The maximum absolute atomic E-state index is 12.9. The van der Waals surface area contributed by atoms with Gasteiger partial charge in [0.2, 0.25) is 5.75 Å². The summed E-state index contributed by atoms with van der Waals surface area (Å²) in [5.74, 6) is -2.33. The molecule has 0 aromatic heterocycles. The van der Waals surface area contributed by atoms with E-state index in [1.807, 2.05) is 0 Å². The largest absolute Gasteiger partial charge is 0.478 e. The third kappa shape index (κ3) is 6.23. The van der Waals surface area contributed by atoms with Crippen LogP contribution in [0.25, 0.3) is 6.08 Å². The molecule has 3 aromatic carbocycles. The number of nitro groups is 1. The standard InChI is InChI=1S/C24H14F3N3O6/c25-24(26,27)17-6-9-21(20(12-17)30(34)35)36-19-7-4-14(5-8-19)10-16(13-28)22(31)29-18-3-1-2-15(11-18)23(32)33/h1-12H,(H,29,31)(H,32,33)/b16-10-. The zero-order chi connectivity index (χ0) is 26.5. The van der Waals surface area contributed by atoms with E-state index in [-0.39, 0.29) is 22.6 Å². The molecule has 182 valence electrons. The number of amides is 1. The fourth-order valence-corrected chi connectivity index (χ4v) is 2.93. The van der Waals surface area contributed by atoms with Gasteiger partial charge >= 0.3 is 17.8 Å². The molecule has 0 atom stereocenters. The highest BCUT2D eigenvalue weighted by Crippen LogP contribution is 2.37. The maximum Gasteiger partial charge on any atom is 0.416 e. The van der Waals surface area contributed by atoms with E-state index in [0.29, 0.717) is 17.7 Å². The number of hydrogen-bond acceptors (Lipinski definition) is 6. The van der Waals surface area contributed by atoms with Crippen LogP contribution in [-0.2, 0) is 11.0 Å². The number of aromatic carboxylic acids is 1. The zero-order valence-electron chi connectivity index (χ0n) is 17.9. The number of nitrogens with zero attached hydrogens (tertiary/aromatic N) is 2. The molecule has 0 spiro atoms. The number of anilines is 1. The Bertz CT molecular complexity index is 1410. The summed E-state index contributed by atoms with van der Waals surface area (Å²) >= 11 is 0. The number of carboxylic acids is 1. The number of carbonyl (C=O) groups excluding carboxylic acids is 1. The molecule has 0 saturated heterocycles. The van der Waals surface area contributed by atoms with Gasteiger partial charge in [0.1, 0.15) is 17.4 Å². The Morgan fingerprint density at radius 2 is 1.78 bits per heavy atom. The molecule has 9 nitrogen and oxygen atoms in total. The number of nitriles is 1. The molecule has 0 radical (unpaired) electrons. The summed E-state index contributed by atoms with van der Waals surface area (Å²) in [6.45, 7) is 0. The highest BCUT2D eigenvalue weighted by atomic mass is 19.4. The van der Waals surface area contributed by atoms with E-state index in [1.54, 1.807) is 6.07 Å². The van der Waals surface area contributed by atoms with Gasteiger partial charge in [-0.25, -0.2) is 4.79 Å². The van der Waals surface area contributed by atoms with Crippen LogP contribution in [0.5, 0.6) is 11.5 Å². The molecule has 2 N–H and O–H groups in total. The van der Waals surface area contributed by atoms with E-state index in [2.05, 4.69) is 5.32 Å². The molecule has 3 rings (SSSR count). The zero-order valence-corrected chi connectivity index (χ0v) is 17.9. The lowest BCUT2D eigenvalue weighted by Gasteiger charge is -2.10. The molecule has 0 aliphatic carbocycles. The second-order valence-electron chi connectivity index (χ2n) is 7.12. The van der Waals surface area contributed by atoms with Crippen LogP contribution in [0.1, 0.15) is 21.5 Å². The highest BCUT2D eigenvalue weighted by molar-refractivity contribution is 6.10. The molecule has 12 heteroatoms. The number of hydrogen-bond donors (Lipinski definition) is 2. The van der Waals surface area contributed by atoms with Crippen molar-refractivity contribution in [3.8, 4) is 17.6 Å². The number of nitro benzene ring substituents is 1. The first-order valence-electron chi connectivity index (χ1n) is 9.88. The predicted molar refractivity (Wildman–Crippen MR) is 120 cm³/mol. The average molecular weight is 497 g/mol. The van der Waals surface area contributed by atoms with Crippen LogP contribution < -0.4 is 10.1 Å². The van der Waals surface area contributed by atoms with Gasteiger partial charge in [0.05, 0.1) is 16.1 Å². The van der Waals surface area contributed by atoms with Gasteiger partial charge in [-0.2, -0.15) is 18.4 Å². The summed E-state index contributed by atoms with van der Waals surface area (Å²) < 4.78 is 43.9. The molecular weight excluding hydrogens is 483 g/mol. The SMILES string of the molecule is N#C/C(=C/c1ccc(Oc2ccc(C(F)(F)F)cc2[N+](=O)[O-])cc1)C(=O)Nc1cccc(C(=O)O)c1.